The van der Waals surface area contributed by atoms with Crippen molar-refractivity contribution in [1.29, 1.82) is 0 Å². The molecule has 4 aliphatic rings. The van der Waals surface area contributed by atoms with E-state index >= 15 is 0 Å². The quantitative estimate of drug-likeness (QED) is 0.122. The molecule has 0 fully saturated rings. The van der Waals surface area contributed by atoms with Gasteiger partial charge in [0.05, 0.1) is 0 Å². The Morgan fingerprint density at radius 1 is 0.354 bits per heavy atom. The van der Waals surface area contributed by atoms with E-state index in [1.807, 2.05) is 24.3 Å². The molecule has 0 saturated heterocycles. The molecule has 416 valence electrons. The minimum atomic E-state index is -0.455. The Morgan fingerprint density at radius 2 is 0.646 bits per heavy atom. The van der Waals surface area contributed by atoms with Crippen LogP contribution in [0.3, 0.4) is 0 Å². The first kappa shape index (κ1) is 68.3. The second kappa shape index (κ2) is 31.6. The summed E-state index contributed by atoms with van der Waals surface area (Å²) in [6.45, 7) is 27.2. The van der Waals surface area contributed by atoms with Crippen LogP contribution in [-0.4, -0.2) is 10.9 Å². The molecular formula is C76H80Cl2Si2Zr2-2. The fourth-order valence-corrected chi connectivity index (χ4v) is 17.2. The van der Waals surface area contributed by atoms with Gasteiger partial charge in [-0.3, -0.25) is 12.2 Å². The molecule has 0 aromatic heterocycles. The van der Waals surface area contributed by atoms with Gasteiger partial charge < -0.3 is 24.8 Å². The third-order valence-electron chi connectivity index (χ3n) is 14.3. The maximum atomic E-state index is 3.67. The van der Waals surface area contributed by atoms with Crippen LogP contribution >= 0.6 is 0 Å². The number of hydrogen-bond acceptors (Lipinski definition) is 0. The Kier molecular flexibility index (Phi) is 26.3. The summed E-state index contributed by atoms with van der Waals surface area (Å²) in [4.78, 5) is 0. The SMILES string of the molecule is CC(C)(C)c1[c-]c2c(cc1)-c1ccc(C(C)(C)C)cc1C2.CC(C)(C)c1[c-]c2c(cc1)-c1ccc(C(C)(C)C)cc1C2.[C-]1=CC=CC1.[C-]1=CC=CC1.[Cl-].[Cl-].[Zr+2]=[Si](c1ccccc1)c1ccccc1.[Zr+2]=[Si](c1ccccc1)c1ccccc1. The van der Waals surface area contributed by atoms with Gasteiger partial charge in [0.2, 0.25) is 0 Å². The van der Waals surface area contributed by atoms with Crippen molar-refractivity contribution in [2.75, 3.05) is 0 Å². The van der Waals surface area contributed by atoms with E-state index in [2.05, 4.69) is 302 Å². The van der Waals surface area contributed by atoms with Crippen LogP contribution in [0.15, 0.2) is 218 Å². The average Bonchev–Trinajstić information content (AvgIpc) is 3.95. The summed E-state index contributed by atoms with van der Waals surface area (Å²) in [5, 5.41) is 6.06. The Labute approximate surface area is 537 Å². The Bertz CT molecular complexity index is 3020. The first-order valence-electron chi connectivity index (χ1n) is 28.3. The van der Waals surface area contributed by atoms with Crippen molar-refractivity contribution in [3.8, 4) is 22.3 Å². The molecule has 6 heteroatoms. The summed E-state index contributed by atoms with van der Waals surface area (Å²) >= 11 is 3.29. The van der Waals surface area contributed by atoms with Crippen molar-refractivity contribution in [2.45, 2.75) is 130 Å². The molecule has 82 heavy (non-hydrogen) atoms. The second-order valence-corrected chi connectivity index (χ2v) is 36.0. The molecule has 0 bridgehead atoms. The van der Waals surface area contributed by atoms with Crippen molar-refractivity contribution < 1.29 is 71.5 Å². The Balaban J connectivity index is 0.000000190. The molecule has 0 spiro atoms. The summed E-state index contributed by atoms with van der Waals surface area (Å²) in [5.41, 5.74) is 16.5. The predicted molar refractivity (Wildman–Crippen MR) is 341 cm³/mol. The van der Waals surface area contributed by atoms with Crippen molar-refractivity contribution in [1.82, 2.24) is 0 Å². The zero-order valence-corrected chi connectivity index (χ0v) is 58.8. The van der Waals surface area contributed by atoms with Gasteiger partial charge in [0.1, 0.15) is 0 Å². The monoisotopic (exact) mass is 1300 g/mol. The fourth-order valence-electron chi connectivity index (χ4n) is 9.49. The first-order chi connectivity index (χ1) is 38.1. The van der Waals surface area contributed by atoms with Gasteiger partial charge in [-0.1, -0.05) is 131 Å². The van der Waals surface area contributed by atoms with Crippen molar-refractivity contribution in [3.05, 3.63) is 287 Å². The van der Waals surface area contributed by atoms with Gasteiger partial charge in [-0.25, -0.2) is 24.3 Å². The van der Waals surface area contributed by atoms with E-state index in [4.69, 9.17) is 0 Å². The molecule has 0 aliphatic heterocycles. The third kappa shape index (κ3) is 19.8. The molecule has 0 unspecified atom stereocenters. The molecule has 0 heterocycles. The molecule has 12 rings (SSSR count). The van der Waals surface area contributed by atoms with Crippen LogP contribution in [0.2, 0.25) is 0 Å². The van der Waals surface area contributed by atoms with E-state index in [9.17, 15) is 0 Å². The van der Waals surface area contributed by atoms with Gasteiger partial charge in [-0.2, -0.15) is 59.7 Å². The topological polar surface area (TPSA) is 0 Å². The Hall–Kier alpha value is -4.50. The molecule has 0 radical (unpaired) electrons. The summed E-state index contributed by atoms with van der Waals surface area (Å²) in [7, 11) is 0. The van der Waals surface area contributed by atoms with Crippen molar-refractivity contribution >= 4 is 31.6 Å². The van der Waals surface area contributed by atoms with Crippen LogP contribution in [0.1, 0.15) is 140 Å². The molecule has 0 N–H and O–H groups in total. The van der Waals surface area contributed by atoms with E-state index in [1.54, 1.807) is 46.7 Å². The molecule has 0 saturated carbocycles. The maximum absolute atomic E-state index is 3.67. The standard InChI is InChI=1S/2C21H25.2C12H10Si.2C5H5.2ClH.2Zr/c2*1-20(2,3)16-7-9-18-14(12-16)11-15-13-17(21(4,5)6)8-10-19(15)18;2*1-3-7-11(8-4-1)13-12-9-5-2-6-10-12;2*1-2-4-5-3-1;;;;/h2*7-10,12H,11H2,1-6H3;2*1-10H;2*1-3H,4H2;2*1H;;/q2*-1;;;2*-1;;;2*+2/p-2. The van der Waals surface area contributed by atoms with Gasteiger partial charge >= 0.3 is 200 Å². The van der Waals surface area contributed by atoms with E-state index in [-0.39, 0.29) is 46.5 Å². The number of benzene rings is 8. The average molecular weight is 1300 g/mol. The number of allylic oxidation sites excluding steroid dienone is 8. The third-order valence-corrected chi connectivity index (χ3v) is 26.5. The summed E-state index contributed by atoms with van der Waals surface area (Å²) < 4.78 is 0. The second-order valence-electron chi connectivity index (χ2n) is 24.8. The predicted octanol–water partition coefficient (Wildman–Crippen LogP) is 10.6. The summed E-state index contributed by atoms with van der Waals surface area (Å²) in [6, 6.07) is 73.7. The van der Waals surface area contributed by atoms with Gasteiger partial charge in [-0.15, -0.1) is 35.1 Å². The fraction of sp³-hybridized carbons (Fsp3) is 0.263. The van der Waals surface area contributed by atoms with Gasteiger partial charge in [0, 0.05) is 0 Å². The summed E-state index contributed by atoms with van der Waals surface area (Å²) in [5.74, 6) is 0. The summed E-state index contributed by atoms with van der Waals surface area (Å²) in [6.07, 6.45) is 22.1. The van der Waals surface area contributed by atoms with Crippen LogP contribution in [0.25, 0.3) is 22.3 Å². The molecule has 8 aromatic rings. The molecular weight excluding hydrogens is 1220 g/mol. The molecule has 0 atom stereocenters. The zero-order valence-electron chi connectivity index (χ0n) is 50.4. The molecule has 0 nitrogen and oxygen atoms in total. The van der Waals surface area contributed by atoms with Crippen LogP contribution < -0.4 is 45.6 Å². The van der Waals surface area contributed by atoms with Crippen LogP contribution in [0, 0.1) is 24.3 Å². The zero-order chi connectivity index (χ0) is 57.5. The normalized spacial score (nSPS) is 12.7. The van der Waals surface area contributed by atoms with Gasteiger partial charge in [0.25, 0.3) is 0 Å². The number of fused-ring (bicyclic) bond motifs is 6. The number of rotatable bonds is 4. The Morgan fingerprint density at radius 3 is 0.878 bits per heavy atom. The van der Waals surface area contributed by atoms with E-state index in [1.165, 1.54) is 87.5 Å². The van der Waals surface area contributed by atoms with E-state index in [0.29, 0.717) is 0 Å². The molecule has 0 amide bonds. The van der Waals surface area contributed by atoms with Crippen LogP contribution in [0.5, 0.6) is 0 Å². The van der Waals surface area contributed by atoms with E-state index in [0.717, 1.165) is 25.7 Å². The van der Waals surface area contributed by atoms with Crippen LogP contribution in [0.4, 0.5) is 0 Å². The molecule has 4 aliphatic carbocycles. The van der Waals surface area contributed by atoms with Crippen molar-refractivity contribution in [2.24, 2.45) is 0 Å². The van der Waals surface area contributed by atoms with E-state index < -0.39 is 10.9 Å². The van der Waals surface area contributed by atoms with Crippen LogP contribution in [-0.2, 0) is 81.2 Å². The molecule has 8 aromatic carbocycles. The van der Waals surface area contributed by atoms with Gasteiger partial charge in [0.15, 0.2) is 0 Å². The van der Waals surface area contributed by atoms with Gasteiger partial charge in [-0.05, 0) is 56.8 Å². The van der Waals surface area contributed by atoms with Crippen molar-refractivity contribution in [3.63, 3.8) is 0 Å². The number of hydrogen-bond donors (Lipinski definition) is 0. The number of halogens is 2. The first-order valence-corrected chi connectivity index (χ1v) is 38.7. The minimum absolute atomic E-state index is 0.